The summed E-state index contributed by atoms with van der Waals surface area (Å²) in [5.41, 5.74) is 6.66. The van der Waals surface area contributed by atoms with Crippen LogP contribution in [0, 0.1) is 29.1 Å². The van der Waals surface area contributed by atoms with E-state index >= 15 is 0 Å². The van der Waals surface area contributed by atoms with Gasteiger partial charge in [0.1, 0.15) is 0 Å². The Balaban J connectivity index is 1.42. The van der Waals surface area contributed by atoms with Crippen molar-refractivity contribution in [3.63, 3.8) is 0 Å². The van der Waals surface area contributed by atoms with Crippen molar-refractivity contribution in [1.29, 1.82) is 0 Å². The highest BCUT2D eigenvalue weighted by Crippen LogP contribution is 2.59. The highest BCUT2D eigenvalue weighted by atomic mass is 16.2. The van der Waals surface area contributed by atoms with Crippen LogP contribution in [-0.4, -0.2) is 17.9 Å². The molecule has 0 aromatic heterocycles. The summed E-state index contributed by atoms with van der Waals surface area (Å²) in [7, 11) is 0. The highest BCUT2D eigenvalue weighted by molar-refractivity contribution is 5.82. The van der Waals surface area contributed by atoms with Gasteiger partial charge in [0.15, 0.2) is 0 Å². The van der Waals surface area contributed by atoms with Crippen LogP contribution >= 0.6 is 0 Å². The van der Waals surface area contributed by atoms with Gasteiger partial charge >= 0.3 is 0 Å². The van der Waals surface area contributed by atoms with Crippen LogP contribution in [0.1, 0.15) is 44.6 Å². The molecule has 3 atom stereocenters. The average molecular weight is 340 g/mol. The monoisotopic (exact) mass is 340 g/mol. The number of amides is 2. The fourth-order valence-corrected chi connectivity index (χ4v) is 5.93. The predicted octanol–water partition coefficient (Wildman–Crippen LogP) is 2.66. The molecule has 4 bridgehead atoms. The van der Waals surface area contributed by atoms with E-state index in [1.54, 1.807) is 0 Å². The van der Waals surface area contributed by atoms with Gasteiger partial charge in [0.2, 0.25) is 11.8 Å². The minimum absolute atomic E-state index is 0.0373. The molecule has 25 heavy (non-hydrogen) atoms. The van der Waals surface area contributed by atoms with Crippen molar-refractivity contribution in [3.8, 4) is 0 Å². The van der Waals surface area contributed by atoms with E-state index in [4.69, 9.17) is 5.73 Å². The second-order valence-corrected chi connectivity index (χ2v) is 8.74. The maximum absolute atomic E-state index is 12.8. The Morgan fingerprint density at radius 3 is 2.40 bits per heavy atom. The van der Waals surface area contributed by atoms with E-state index < -0.39 is 0 Å². The molecular formula is C21H28N2O2. The smallest absolute Gasteiger partial charge is 0.223 e. The molecule has 4 nitrogen and oxygen atoms in total. The highest BCUT2D eigenvalue weighted by Gasteiger charge is 2.58. The third-order valence-electron chi connectivity index (χ3n) is 6.94. The Labute approximate surface area is 149 Å². The molecule has 4 aliphatic carbocycles. The van der Waals surface area contributed by atoms with Crippen molar-refractivity contribution in [1.82, 2.24) is 5.32 Å². The van der Waals surface area contributed by atoms with Gasteiger partial charge in [-0.05, 0) is 61.8 Å². The van der Waals surface area contributed by atoms with E-state index in [0.717, 1.165) is 38.5 Å². The summed E-state index contributed by atoms with van der Waals surface area (Å²) in [4.78, 5) is 24.8. The lowest BCUT2D eigenvalue weighted by Crippen LogP contribution is -2.62. The molecule has 1 aromatic rings. The number of primary amides is 1. The van der Waals surface area contributed by atoms with Crippen LogP contribution in [0.4, 0.5) is 0 Å². The fourth-order valence-electron chi connectivity index (χ4n) is 5.93. The molecular weight excluding hydrogens is 312 g/mol. The third-order valence-corrected chi connectivity index (χ3v) is 6.94. The molecule has 0 heterocycles. The van der Waals surface area contributed by atoms with Crippen molar-refractivity contribution in [2.75, 3.05) is 0 Å². The predicted molar refractivity (Wildman–Crippen MR) is 96.4 cm³/mol. The van der Waals surface area contributed by atoms with Gasteiger partial charge in [-0.3, -0.25) is 9.59 Å². The Morgan fingerprint density at radius 1 is 1.16 bits per heavy atom. The van der Waals surface area contributed by atoms with Crippen LogP contribution < -0.4 is 11.1 Å². The molecule has 4 fully saturated rings. The van der Waals surface area contributed by atoms with E-state index in [1.807, 2.05) is 25.1 Å². The minimum atomic E-state index is -0.284. The van der Waals surface area contributed by atoms with Gasteiger partial charge < -0.3 is 11.1 Å². The number of carbonyl (C=O) groups excluding carboxylic acids is 2. The first-order valence-electron chi connectivity index (χ1n) is 9.61. The summed E-state index contributed by atoms with van der Waals surface area (Å²) in [5, 5.41) is 3.35. The molecule has 3 unspecified atom stereocenters. The van der Waals surface area contributed by atoms with E-state index in [2.05, 4.69) is 17.4 Å². The first-order chi connectivity index (χ1) is 12.0. The summed E-state index contributed by atoms with van der Waals surface area (Å²) >= 11 is 0. The van der Waals surface area contributed by atoms with Gasteiger partial charge in [-0.15, -0.1) is 0 Å². The molecule has 5 rings (SSSR count). The molecule has 0 saturated heterocycles. The van der Waals surface area contributed by atoms with E-state index in [0.29, 0.717) is 17.8 Å². The van der Waals surface area contributed by atoms with Crippen LogP contribution in [0.15, 0.2) is 30.3 Å². The number of nitrogens with one attached hydrogen (secondary N) is 1. The van der Waals surface area contributed by atoms with Gasteiger partial charge in [0.25, 0.3) is 0 Å². The quantitative estimate of drug-likeness (QED) is 0.865. The maximum atomic E-state index is 12.8. The molecule has 4 saturated carbocycles. The van der Waals surface area contributed by atoms with E-state index in [-0.39, 0.29) is 29.2 Å². The summed E-state index contributed by atoms with van der Waals surface area (Å²) in [6.45, 7) is 2.00. The zero-order chi connectivity index (χ0) is 17.6. The lowest BCUT2D eigenvalue weighted by molar-refractivity contribution is -0.147. The molecule has 2 amide bonds. The Bertz CT molecular complexity index is 656. The average Bonchev–Trinajstić information content (AvgIpc) is 2.58. The maximum Gasteiger partial charge on any atom is 0.223 e. The molecule has 4 aliphatic rings. The number of hydrogen-bond donors (Lipinski definition) is 2. The fraction of sp³-hybridized carbons (Fsp3) is 0.619. The minimum Gasteiger partial charge on any atom is -0.369 e. The van der Waals surface area contributed by atoms with Crippen molar-refractivity contribution < 1.29 is 9.59 Å². The second kappa shape index (κ2) is 6.15. The van der Waals surface area contributed by atoms with Crippen LogP contribution in [-0.2, 0) is 16.0 Å². The zero-order valence-electron chi connectivity index (χ0n) is 14.9. The molecule has 1 aromatic carbocycles. The SMILES string of the molecule is CC(Cc1ccccc1)C(=O)NC1C2CC3CC1CC(C(N)=O)(C3)C2. The van der Waals surface area contributed by atoms with Gasteiger partial charge in [0, 0.05) is 17.4 Å². The van der Waals surface area contributed by atoms with Gasteiger partial charge in [-0.1, -0.05) is 37.3 Å². The number of hydrogen-bond acceptors (Lipinski definition) is 2. The van der Waals surface area contributed by atoms with Crippen LogP contribution in [0.3, 0.4) is 0 Å². The number of benzene rings is 1. The first kappa shape index (κ1) is 16.6. The number of nitrogens with two attached hydrogens (primary N) is 1. The van der Waals surface area contributed by atoms with Crippen molar-refractivity contribution in [2.45, 2.75) is 51.5 Å². The van der Waals surface area contributed by atoms with Gasteiger partial charge in [-0.25, -0.2) is 0 Å². The first-order valence-corrected chi connectivity index (χ1v) is 9.61. The van der Waals surface area contributed by atoms with E-state index in [1.165, 1.54) is 5.56 Å². The Hall–Kier alpha value is -1.84. The van der Waals surface area contributed by atoms with Crippen molar-refractivity contribution in [2.24, 2.45) is 34.8 Å². The van der Waals surface area contributed by atoms with E-state index in [9.17, 15) is 9.59 Å². The number of rotatable bonds is 5. The lowest BCUT2D eigenvalue weighted by atomic mass is 9.47. The molecule has 0 radical (unpaired) electrons. The van der Waals surface area contributed by atoms with Crippen LogP contribution in [0.2, 0.25) is 0 Å². The lowest BCUT2D eigenvalue weighted by Gasteiger charge is -2.58. The van der Waals surface area contributed by atoms with Crippen LogP contribution in [0.5, 0.6) is 0 Å². The van der Waals surface area contributed by atoms with Crippen LogP contribution in [0.25, 0.3) is 0 Å². The molecule has 4 heteroatoms. The van der Waals surface area contributed by atoms with Gasteiger partial charge in [0.05, 0.1) is 0 Å². The second-order valence-electron chi connectivity index (χ2n) is 8.74. The Kier molecular flexibility index (Phi) is 4.09. The summed E-state index contributed by atoms with van der Waals surface area (Å²) in [6, 6.07) is 10.4. The zero-order valence-corrected chi connectivity index (χ0v) is 14.9. The molecule has 0 spiro atoms. The molecule has 3 N–H and O–H groups in total. The summed E-state index contributed by atoms with van der Waals surface area (Å²) in [5.74, 6) is 1.46. The largest absolute Gasteiger partial charge is 0.369 e. The molecule has 0 aliphatic heterocycles. The topological polar surface area (TPSA) is 72.2 Å². The standard InChI is InChI=1S/C21H28N2O2/c1-13(7-14-5-3-2-4-6-14)19(24)23-18-16-8-15-9-17(18)12-21(10-15,11-16)20(22)25/h2-6,13,15-18H,7-12H2,1H3,(H2,22,25)(H,23,24). The van der Waals surface area contributed by atoms with Crippen molar-refractivity contribution in [3.05, 3.63) is 35.9 Å². The third kappa shape index (κ3) is 2.96. The summed E-state index contributed by atoms with van der Waals surface area (Å²) < 4.78 is 0. The number of carbonyl (C=O) groups is 2. The van der Waals surface area contributed by atoms with Gasteiger partial charge in [-0.2, -0.15) is 0 Å². The molecule has 134 valence electrons. The Morgan fingerprint density at radius 2 is 1.80 bits per heavy atom. The normalized spacial score (nSPS) is 36.8. The van der Waals surface area contributed by atoms with Crippen molar-refractivity contribution >= 4 is 11.8 Å². The summed E-state index contributed by atoms with van der Waals surface area (Å²) in [6.07, 6.45) is 5.76.